The SMILES string of the molecule is CC1=Nc2c(c(=O)[nH]n2C2CCOC(C)(C)C2)C(C(C)C)S1. The highest BCUT2D eigenvalue weighted by Crippen LogP contribution is 2.45. The molecule has 3 heterocycles. The van der Waals surface area contributed by atoms with Crippen molar-refractivity contribution >= 4 is 22.6 Å². The summed E-state index contributed by atoms with van der Waals surface area (Å²) in [7, 11) is 0. The van der Waals surface area contributed by atoms with Crippen molar-refractivity contribution in [1.82, 2.24) is 9.78 Å². The molecular weight excluding hydrogens is 298 g/mol. The summed E-state index contributed by atoms with van der Waals surface area (Å²) < 4.78 is 7.80. The number of fused-ring (bicyclic) bond motifs is 1. The van der Waals surface area contributed by atoms with Gasteiger partial charge >= 0.3 is 0 Å². The van der Waals surface area contributed by atoms with Crippen LogP contribution >= 0.6 is 11.8 Å². The number of hydrogen-bond donors (Lipinski definition) is 1. The van der Waals surface area contributed by atoms with Crippen molar-refractivity contribution in [2.45, 2.75) is 64.4 Å². The fourth-order valence-corrected chi connectivity index (χ4v) is 4.51. The van der Waals surface area contributed by atoms with Gasteiger partial charge in [-0.25, -0.2) is 4.99 Å². The summed E-state index contributed by atoms with van der Waals surface area (Å²) in [6.45, 7) is 11.3. The van der Waals surface area contributed by atoms with Gasteiger partial charge in [-0.15, -0.1) is 11.8 Å². The summed E-state index contributed by atoms with van der Waals surface area (Å²) in [4.78, 5) is 17.2. The maximum Gasteiger partial charge on any atom is 0.270 e. The third-order valence-electron chi connectivity index (χ3n) is 4.42. The zero-order chi connectivity index (χ0) is 16.1. The van der Waals surface area contributed by atoms with E-state index in [-0.39, 0.29) is 22.5 Å². The molecule has 1 saturated heterocycles. The number of nitrogens with one attached hydrogen (secondary N) is 1. The van der Waals surface area contributed by atoms with Crippen LogP contribution in [0, 0.1) is 5.92 Å². The Morgan fingerprint density at radius 3 is 2.82 bits per heavy atom. The lowest BCUT2D eigenvalue weighted by Gasteiger charge is -2.36. The second-order valence-corrected chi connectivity index (χ2v) is 8.55. The first-order chi connectivity index (χ1) is 10.3. The summed E-state index contributed by atoms with van der Waals surface area (Å²) in [6.07, 6.45) is 1.80. The molecule has 1 N–H and O–H groups in total. The van der Waals surface area contributed by atoms with Gasteiger partial charge in [-0.2, -0.15) is 0 Å². The van der Waals surface area contributed by atoms with Crippen molar-refractivity contribution in [3.8, 4) is 0 Å². The first-order valence-corrected chi connectivity index (χ1v) is 8.87. The molecule has 2 aliphatic rings. The lowest BCUT2D eigenvalue weighted by Crippen LogP contribution is -2.35. The minimum absolute atomic E-state index is 0.0155. The van der Waals surface area contributed by atoms with Gasteiger partial charge in [0.05, 0.1) is 22.3 Å². The van der Waals surface area contributed by atoms with Crippen molar-refractivity contribution < 1.29 is 4.74 Å². The smallest absolute Gasteiger partial charge is 0.270 e. The van der Waals surface area contributed by atoms with Crippen molar-refractivity contribution in [2.24, 2.45) is 10.9 Å². The standard InChI is InChI=1S/C16H25N3O2S/c1-9(2)13-12-14(17-10(3)22-13)19(18-15(12)20)11-6-7-21-16(4,5)8-11/h9,11,13H,6-8H2,1-5H3,(H,18,20). The first kappa shape index (κ1) is 15.9. The lowest BCUT2D eigenvalue weighted by atomic mass is 9.94. The van der Waals surface area contributed by atoms with Gasteiger partial charge in [0.15, 0.2) is 5.82 Å². The van der Waals surface area contributed by atoms with Crippen LogP contribution < -0.4 is 5.56 Å². The van der Waals surface area contributed by atoms with E-state index in [1.165, 1.54) is 0 Å². The van der Waals surface area contributed by atoms with E-state index < -0.39 is 0 Å². The summed E-state index contributed by atoms with van der Waals surface area (Å²) in [6, 6.07) is 0.243. The average Bonchev–Trinajstić information content (AvgIpc) is 2.74. The molecular formula is C16H25N3O2S. The van der Waals surface area contributed by atoms with Gasteiger partial charge in [0.1, 0.15) is 0 Å². The molecule has 2 unspecified atom stereocenters. The topological polar surface area (TPSA) is 59.4 Å². The molecule has 3 rings (SSSR count). The molecule has 2 aliphatic heterocycles. The average molecular weight is 323 g/mol. The van der Waals surface area contributed by atoms with E-state index in [4.69, 9.17) is 9.73 Å². The third kappa shape index (κ3) is 2.78. The number of rotatable bonds is 2. The number of aromatic amines is 1. The Labute approximate surface area is 135 Å². The van der Waals surface area contributed by atoms with Crippen LogP contribution in [0.15, 0.2) is 9.79 Å². The predicted molar refractivity (Wildman–Crippen MR) is 91.3 cm³/mol. The zero-order valence-corrected chi connectivity index (χ0v) is 14.8. The van der Waals surface area contributed by atoms with Crippen molar-refractivity contribution in [3.63, 3.8) is 0 Å². The Morgan fingerprint density at radius 1 is 1.45 bits per heavy atom. The Kier molecular flexibility index (Phi) is 4.01. The van der Waals surface area contributed by atoms with Crippen LogP contribution in [-0.2, 0) is 4.74 Å². The molecule has 0 spiro atoms. The molecule has 0 saturated carbocycles. The van der Waals surface area contributed by atoms with Crippen molar-refractivity contribution in [2.75, 3.05) is 6.61 Å². The molecule has 5 nitrogen and oxygen atoms in total. The van der Waals surface area contributed by atoms with E-state index in [0.29, 0.717) is 5.92 Å². The minimum atomic E-state index is -0.156. The number of hydrogen-bond acceptors (Lipinski definition) is 4. The van der Waals surface area contributed by atoms with Gasteiger partial charge in [0, 0.05) is 11.9 Å². The van der Waals surface area contributed by atoms with Crippen LogP contribution in [0.2, 0.25) is 0 Å². The third-order valence-corrected chi connectivity index (χ3v) is 5.89. The largest absolute Gasteiger partial charge is 0.375 e. The molecule has 0 aromatic carbocycles. The summed E-state index contributed by atoms with van der Waals surface area (Å²) in [5.74, 6) is 1.24. The second kappa shape index (κ2) is 5.57. The van der Waals surface area contributed by atoms with Gasteiger partial charge in [-0.05, 0) is 39.5 Å². The van der Waals surface area contributed by atoms with E-state index >= 15 is 0 Å². The lowest BCUT2D eigenvalue weighted by molar-refractivity contribution is -0.0705. The molecule has 22 heavy (non-hydrogen) atoms. The molecule has 0 radical (unpaired) electrons. The maximum absolute atomic E-state index is 12.5. The monoisotopic (exact) mass is 323 g/mol. The van der Waals surface area contributed by atoms with E-state index in [9.17, 15) is 4.79 Å². The fourth-order valence-electron chi connectivity index (χ4n) is 3.40. The zero-order valence-electron chi connectivity index (χ0n) is 14.0. The molecule has 122 valence electrons. The van der Waals surface area contributed by atoms with E-state index in [1.807, 2.05) is 11.6 Å². The second-order valence-electron chi connectivity index (χ2n) is 7.22. The molecule has 2 atom stereocenters. The quantitative estimate of drug-likeness (QED) is 0.900. The van der Waals surface area contributed by atoms with Gasteiger partial charge in [-0.3, -0.25) is 14.6 Å². The number of nitrogens with zero attached hydrogens (tertiary/aromatic N) is 2. The number of aromatic nitrogens is 2. The minimum Gasteiger partial charge on any atom is -0.375 e. The summed E-state index contributed by atoms with van der Waals surface area (Å²) >= 11 is 1.70. The van der Waals surface area contributed by atoms with E-state index in [2.05, 4.69) is 32.8 Å². The first-order valence-electron chi connectivity index (χ1n) is 7.99. The van der Waals surface area contributed by atoms with Crippen LogP contribution in [-0.4, -0.2) is 27.0 Å². The number of thioether (sulfide) groups is 1. The molecule has 0 bridgehead atoms. The van der Waals surface area contributed by atoms with Gasteiger partial charge < -0.3 is 4.74 Å². The number of ether oxygens (including phenoxy) is 1. The molecule has 1 aromatic heterocycles. The molecule has 0 amide bonds. The molecule has 6 heteroatoms. The highest BCUT2D eigenvalue weighted by molar-refractivity contribution is 8.14. The Bertz CT molecular complexity index is 657. The van der Waals surface area contributed by atoms with Crippen LogP contribution in [0.5, 0.6) is 0 Å². The van der Waals surface area contributed by atoms with Gasteiger partial charge in [-0.1, -0.05) is 13.8 Å². The highest BCUT2D eigenvalue weighted by Gasteiger charge is 2.35. The molecule has 0 aliphatic carbocycles. The van der Waals surface area contributed by atoms with Gasteiger partial charge in [0.25, 0.3) is 5.56 Å². The molecule has 1 fully saturated rings. The summed E-state index contributed by atoms with van der Waals surface area (Å²) in [5, 5.41) is 4.27. The Hall–Kier alpha value is -1.01. The van der Waals surface area contributed by atoms with Crippen LogP contribution in [0.25, 0.3) is 0 Å². The maximum atomic E-state index is 12.5. The number of H-pyrrole nitrogens is 1. The van der Waals surface area contributed by atoms with E-state index in [1.54, 1.807) is 11.8 Å². The Balaban J connectivity index is 2.05. The van der Waals surface area contributed by atoms with Crippen LogP contribution in [0.4, 0.5) is 5.82 Å². The van der Waals surface area contributed by atoms with Crippen LogP contribution in [0.1, 0.15) is 64.3 Å². The normalized spacial score (nSPS) is 27.6. The van der Waals surface area contributed by atoms with E-state index in [0.717, 1.165) is 35.9 Å². The predicted octanol–water partition coefficient (Wildman–Crippen LogP) is 3.80. The highest BCUT2D eigenvalue weighted by atomic mass is 32.2. The van der Waals surface area contributed by atoms with Gasteiger partial charge in [0.2, 0.25) is 0 Å². The Morgan fingerprint density at radius 2 is 2.18 bits per heavy atom. The number of aliphatic imine (C=N–C) groups is 1. The summed E-state index contributed by atoms with van der Waals surface area (Å²) in [5.41, 5.74) is 0.702. The fraction of sp³-hybridized carbons (Fsp3) is 0.750. The molecule has 1 aromatic rings. The van der Waals surface area contributed by atoms with Crippen molar-refractivity contribution in [3.05, 3.63) is 15.9 Å². The van der Waals surface area contributed by atoms with Crippen LogP contribution in [0.3, 0.4) is 0 Å². The van der Waals surface area contributed by atoms with Crippen molar-refractivity contribution in [1.29, 1.82) is 0 Å².